The van der Waals surface area contributed by atoms with Crippen molar-refractivity contribution < 1.29 is 27.2 Å². The van der Waals surface area contributed by atoms with E-state index in [9.17, 15) is 27.2 Å². The van der Waals surface area contributed by atoms with Crippen LogP contribution in [0, 0.1) is 5.82 Å². The van der Waals surface area contributed by atoms with Gasteiger partial charge in [-0.15, -0.1) is 0 Å². The van der Waals surface area contributed by atoms with Crippen LogP contribution < -0.4 is 10.6 Å². The number of carbonyl (C=O) groups excluding carboxylic acids is 2. The van der Waals surface area contributed by atoms with Crippen molar-refractivity contribution in [1.82, 2.24) is 4.90 Å². The summed E-state index contributed by atoms with van der Waals surface area (Å²) in [5.74, 6) is -1.84. The van der Waals surface area contributed by atoms with Crippen molar-refractivity contribution in [2.45, 2.75) is 13.1 Å². The predicted molar refractivity (Wildman–Crippen MR) is 97.2 cm³/mol. The molecule has 0 saturated heterocycles. The first-order valence-corrected chi connectivity index (χ1v) is 8.43. The number of alkyl halides is 3. The van der Waals surface area contributed by atoms with Gasteiger partial charge in [-0.25, -0.2) is 4.39 Å². The van der Waals surface area contributed by atoms with Crippen LogP contribution in [0.15, 0.2) is 48.5 Å². The van der Waals surface area contributed by atoms with Crippen molar-refractivity contribution >= 4 is 23.2 Å². The molecule has 0 aliphatic rings. The second kappa shape index (κ2) is 9.32. The van der Waals surface area contributed by atoms with Crippen molar-refractivity contribution in [2.75, 3.05) is 30.3 Å². The Labute approximate surface area is 159 Å². The van der Waals surface area contributed by atoms with E-state index >= 15 is 0 Å². The Balaban J connectivity index is 1.97. The van der Waals surface area contributed by atoms with Gasteiger partial charge < -0.3 is 10.6 Å². The number of benzene rings is 2. The fourth-order valence-corrected chi connectivity index (χ4v) is 2.47. The number of likely N-dealkylation sites (N-methyl/N-ethyl adjacent to an activating group) is 1. The molecule has 0 bridgehead atoms. The number of hydrogen-bond donors (Lipinski definition) is 2. The Morgan fingerprint density at radius 1 is 0.893 bits per heavy atom. The number of nitrogens with one attached hydrogen (secondary N) is 2. The Hall–Kier alpha value is -2.94. The van der Waals surface area contributed by atoms with E-state index in [2.05, 4.69) is 10.6 Å². The molecule has 2 aromatic rings. The third-order valence-corrected chi connectivity index (χ3v) is 3.84. The molecular formula is C19H19F4N3O2. The van der Waals surface area contributed by atoms with E-state index in [1.807, 2.05) is 0 Å². The molecular weight excluding hydrogens is 378 g/mol. The predicted octanol–water partition coefficient (Wildman–Crippen LogP) is 3.74. The number of hydrogen-bond acceptors (Lipinski definition) is 3. The molecule has 0 atom stereocenters. The Bertz CT molecular complexity index is 840. The molecule has 0 aromatic heterocycles. The lowest BCUT2D eigenvalue weighted by molar-refractivity contribution is -0.137. The Morgan fingerprint density at radius 3 is 1.93 bits per heavy atom. The van der Waals surface area contributed by atoms with E-state index in [0.29, 0.717) is 6.54 Å². The molecule has 2 aromatic carbocycles. The monoisotopic (exact) mass is 397 g/mol. The van der Waals surface area contributed by atoms with Crippen LogP contribution in [-0.4, -0.2) is 36.3 Å². The summed E-state index contributed by atoms with van der Waals surface area (Å²) in [5, 5.41) is 4.61. The van der Waals surface area contributed by atoms with Gasteiger partial charge in [0.15, 0.2) is 0 Å². The summed E-state index contributed by atoms with van der Waals surface area (Å²) in [7, 11) is 0. The van der Waals surface area contributed by atoms with Gasteiger partial charge in [-0.05, 0) is 30.8 Å². The summed E-state index contributed by atoms with van der Waals surface area (Å²) in [6, 6.07) is 10.3. The first-order chi connectivity index (χ1) is 13.2. The second-order valence-electron chi connectivity index (χ2n) is 5.92. The van der Waals surface area contributed by atoms with Crippen molar-refractivity contribution in [3.8, 4) is 0 Å². The number of para-hydroxylation sites is 2. The van der Waals surface area contributed by atoms with Gasteiger partial charge in [0, 0.05) is 0 Å². The molecule has 0 unspecified atom stereocenters. The van der Waals surface area contributed by atoms with Gasteiger partial charge in [0.25, 0.3) is 0 Å². The Kier molecular flexibility index (Phi) is 7.11. The second-order valence-corrected chi connectivity index (χ2v) is 5.92. The van der Waals surface area contributed by atoms with Gasteiger partial charge in [0.1, 0.15) is 5.82 Å². The van der Waals surface area contributed by atoms with Gasteiger partial charge in [0.05, 0.1) is 30.0 Å². The molecule has 5 nitrogen and oxygen atoms in total. The van der Waals surface area contributed by atoms with Crippen molar-refractivity contribution in [2.24, 2.45) is 0 Å². The fourth-order valence-electron chi connectivity index (χ4n) is 2.47. The van der Waals surface area contributed by atoms with Crippen molar-refractivity contribution in [3.63, 3.8) is 0 Å². The molecule has 9 heteroatoms. The van der Waals surface area contributed by atoms with Crippen LogP contribution in [-0.2, 0) is 15.8 Å². The molecule has 2 rings (SSSR count). The molecule has 0 fully saturated rings. The lowest BCUT2D eigenvalue weighted by atomic mass is 10.1. The summed E-state index contributed by atoms with van der Waals surface area (Å²) in [4.78, 5) is 25.6. The normalized spacial score (nSPS) is 11.4. The maximum absolute atomic E-state index is 13.6. The minimum Gasteiger partial charge on any atom is -0.324 e. The van der Waals surface area contributed by atoms with E-state index in [0.717, 1.165) is 12.1 Å². The molecule has 0 saturated carbocycles. The smallest absolute Gasteiger partial charge is 0.324 e. The van der Waals surface area contributed by atoms with Gasteiger partial charge in [0.2, 0.25) is 11.8 Å². The number of rotatable bonds is 7. The quantitative estimate of drug-likeness (QED) is 0.700. The lowest BCUT2D eigenvalue weighted by Gasteiger charge is -2.20. The summed E-state index contributed by atoms with van der Waals surface area (Å²) < 4.78 is 52.6. The third kappa shape index (κ3) is 6.05. The largest absolute Gasteiger partial charge is 0.418 e. The minimum atomic E-state index is -4.60. The average Bonchev–Trinajstić information content (AvgIpc) is 2.62. The number of amides is 2. The third-order valence-electron chi connectivity index (χ3n) is 3.84. The minimum absolute atomic E-state index is 0.00658. The average molecular weight is 397 g/mol. The summed E-state index contributed by atoms with van der Waals surface area (Å²) in [6.07, 6.45) is -4.60. The van der Waals surface area contributed by atoms with Gasteiger partial charge in [-0.1, -0.05) is 31.2 Å². The van der Waals surface area contributed by atoms with Gasteiger partial charge in [-0.3, -0.25) is 14.5 Å². The molecule has 0 aliphatic carbocycles. The first-order valence-electron chi connectivity index (χ1n) is 8.43. The number of halogens is 4. The zero-order valence-corrected chi connectivity index (χ0v) is 15.0. The molecule has 0 heterocycles. The van der Waals surface area contributed by atoms with Crippen LogP contribution >= 0.6 is 0 Å². The van der Waals surface area contributed by atoms with E-state index in [4.69, 9.17) is 0 Å². The van der Waals surface area contributed by atoms with Crippen molar-refractivity contribution in [3.05, 3.63) is 59.9 Å². The molecule has 28 heavy (non-hydrogen) atoms. The van der Waals surface area contributed by atoms with Gasteiger partial charge in [-0.2, -0.15) is 13.2 Å². The maximum atomic E-state index is 13.6. The van der Waals surface area contributed by atoms with Crippen LogP contribution in [0.5, 0.6) is 0 Å². The number of carbonyl (C=O) groups is 2. The van der Waals surface area contributed by atoms with Crippen LogP contribution in [0.2, 0.25) is 0 Å². The topological polar surface area (TPSA) is 61.4 Å². The molecule has 2 amide bonds. The zero-order chi connectivity index (χ0) is 20.7. The molecule has 150 valence electrons. The van der Waals surface area contributed by atoms with E-state index in [1.54, 1.807) is 13.0 Å². The van der Waals surface area contributed by atoms with E-state index < -0.39 is 29.4 Å². The highest BCUT2D eigenvalue weighted by atomic mass is 19.4. The van der Waals surface area contributed by atoms with Crippen LogP contribution in [0.3, 0.4) is 0 Å². The molecule has 0 aliphatic heterocycles. The van der Waals surface area contributed by atoms with Crippen LogP contribution in [0.1, 0.15) is 12.5 Å². The summed E-state index contributed by atoms with van der Waals surface area (Å²) in [5.41, 5.74) is -1.30. The highest BCUT2D eigenvalue weighted by molar-refractivity contribution is 5.95. The molecule has 0 spiro atoms. The zero-order valence-electron chi connectivity index (χ0n) is 15.0. The van der Waals surface area contributed by atoms with Gasteiger partial charge >= 0.3 is 6.18 Å². The van der Waals surface area contributed by atoms with Crippen LogP contribution in [0.25, 0.3) is 0 Å². The Morgan fingerprint density at radius 2 is 1.39 bits per heavy atom. The fraction of sp³-hybridized carbons (Fsp3) is 0.263. The SMILES string of the molecule is CCN(CC(=O)Nc1ccccc1F)CC(=O)Nc1ccccc1C(F)(F)F. The highest BCUT2D eigenvalue weighted by Gasteiger charge is 2.33. The van der Waals surface area contributed by atoms with E-state index in [-0.39, 0.29) is 24.5 Å². The van der Waals surface area contributed by atoms with E-state index in [1.165, 1.54) is 35.2 Å². The summed E-state index contributed by atoms with van der Waals surface area (Å²) in [6.45, 7) is 1.46. The molecule has 2 N–H and O–H groups in total. The van der Waals surface area contributed by atoms with Crippen LogP contribution in [0.4, 0.5) is 28.9 Å². The lowest BCUT2D eigenvalue weighted by Crippen LogP contribution is -2.39. The first kappa shape index (κ1) is 21.4. The maximum Gasteiger partial charge on any atom is 0.418 e. The summed E-state index contributed by atoms with van der Waals surface area (Å²) >= 11 is 0. The highest BCUT2D eigenvalue weighted by Crippen LogP contribution is 2.34. The standard InChI is InChI=1S/C19H19F4N3O2/c1-2-26(12-18(28)25-16-10-6-4-8-14(16)20)11-17(27)24-15-9-5-3-7-13(15)19(21,22)23/h3-10H,2,11-12H2,1H3,(H,24,27)(H,25,28). The molecule has 0 radical (unpaired) electrons. The van der Waals surface area contributed by atoms with Crippen molar-refractivity contribution in [1.29, 1.82) is 0 Å². The number of nitrogens with zero attached hydrogens (tertiary/aromatic N) is 1. The number of anilines is 2.